The van der Waals surface area contributed by atoms with Crippen LogP contribution in [-0.4, -0.2) is 11.0 Å². The van der Waals surface area contributed by atoms with Gasteiger partial charge in [0, 0.05) is 6.07 Å². The maximum atomic E-state index is 13.4. The molecule has 0 saturated heterocycles. The monoisotopic (exact) mass is 225 g/mol. The normalized spacial score (nSPS) is 16.3. The van der Waals surface area contributed by atoms with Crippen LogP contribution >= 0.6 is 0 Å². The molecule has 0 unspecified atom stereocenters. The van der Waals surface area contributed by atoms with Gasteiger partial charge in [-0.25, -0.2) is 4.39 Å². The molecule has 1 aliphatic rings. The fourth-order valence-corrected chi connectivity index (χ4v) is 1.93. The fourth-order valence-electron chi connectivity index (χ4n) is 1.93. The summed E-state index contributed by atoms with van der Waals surface area (Å²) in [6.07, 6.45) is 3.66. The van der Waals surface area contributed by atoms with Crippen molar-refractivity contribution in [2.24, 2.45) is 0 Å². The molecule has 0 heterocycles. The average molecular weight is 225 g/mol. The van der Waals surface area contributed by atoms with Gasteiger partial charge in [-0.15, -0.1) is 0 Å². The number of rotatable bonds is 3. The van der Waals surface area contributed by atoms with E-state index in [1.54, 1.807) is 0 Å². The highest BCUT2D eigenvalue weighted by molar-refractivity contribution is 5.47. The lowest BCUT2D eigenvalue weighted by atomic mass is 10.2. The van der Waals surface area contributed by atoms with Gasteiger partial charge in [-0.05, 0) is 31.7 Å². The minimum absolute atomic E-state index is 0.0874. The van der Waals surface area contributed by atoms with E-state index < -0.39 is 10.7 Å². The Bertz CT molecular complexity index is 402. The summed E-state index contributed by atoms with van der Waals surface area (Å²) in [5.74, 6) is -0.888. The van der Waals surface area contributed by atoms with Crippen molar-refractivity contribution in [3.05, 3.63) is 34.1 Å². The van der Waals surface area contributed by atoms with E-state index >= 15 is 0 Å². The summed E-state index contributed by atoms with van der Waals surface area (Å²) in [5.41, 5.74) is -0.299. The van der Waals surface area contributed by atoms with E-state index in [4.69, 9.17) is 4.74 Å². The highest BCUT2D eigenvalue weighted by Crippen LogP contribution is 2.33. The number of halogens is 1. The molecule has 0 atom stereocenters. The van der Waals surface area contributed by atoms with Crippen molar-refractivity contribution in [3.63, 3.8) is 0 Å². The van der Waals surface area contributed by atoms with Crippen LogP contribution in [0.4, 0.5) is 10.1 Å². The van der Waals surface area contributed by atoms with Crippen LogP contribution in [-0.2, 0) is 0 Å². The first kappa shape index (κ1) is 10.9. The van der Waals surface area contributed by atoms with Crippen LogP contribution in [0.15, 0.2) is 18.2 Å². The van der Waals surface area contributed by atoms with E-state index in [1.165, 1.54) is 18.2 Å². The quantitative estimate of drug-likeness (QED) is 0.586. The largest absolute Gasteiger partial charge is 0.481 e. The first-order chi connectivity index (χ1) is 7.68. The van der Waals surface area contributed by atoms with Crippen molar-refractivity contribution in [2.75, 3.05) is 0 Å². The van der Waals surface area contributed by atoms with Crippen LogP contribution in [0.5, 0.6) is 5.75 Å². The maximum absolute atomic E-state index is 13.4. The summed E-state index contributed by atoms with van der Waals surface area (Å²) in [6, 6.07) is 3.75. The van der Waals surface area contributed by atoms with Crippen molar-refractivity contribution in [2.45, 2.75) is 31.8 Å². The molecule has 1 aliphatic carbocycles. The zero-order valence-corrected chi connectivity index (χ0v) is 8.69. The molecule has 5 heteroatoms. The van der Waals surface area contributed by atoms with Crippen molar-refractivity contribution >= 4 is 5.69 Å². The molecule has 0 amide bonds. The SMILES string of the molecule is O=[N+]([O-])c1cccc(F)c1OC1CCCC1. The Labute approximate surface area is 92.2 Å². The molecule has 4 nitrogen and oxygen atoms in total. The molecule has 1 fully saturated rings. The number of hydrogen-bond donors (Lipinski definition) is 0. The van der Waals surface area contributed by atoms with Gasteiger partial charge in [-0.3, -0.25) is 10.1 Å². The first-order valence-corrected chi connectivity index (χ1v) is 5.28. The van der Waals surface area contributed by atoms with Gasteiger partial charge in [0.15, 0.2) is 5.82 Å². The third-order valence-electron chi connectivity index (χ3n) is 2.73. The summed E-state index contributed by atoms with van der Waals surface area (Å²) in [7, 11) is 0. The predicted molar refractivity (Wildman–Crippen MR) is 55.9 cm³/mol. The highest BCUT2D eigenvalue weighted by atomic mass is 19.1. The molecule has 1 aromatic carbocycles. The zero-order chi connectivity index (χ0) is 11.5. The van der Waals surface area contributed by atoms with Gasteiger partial charge in [0.25, 0.3) is 0 Å². The Morgan fingerprint density at radius 1 is 1.38 bits per heavy atom. The molecule has 0 bridgehead atoms. The van der Waals surface area contributed by atoms with Crippen molar-refractivity contribution < 1.29 is 14.1 Å². The molecule has 1 saturated carbocycles. The molecular formula is C11H12FNO3. The lowest BCUT2D eigenvalue weighted by molar-refractivity contribution is -0.386. The number of nitrogens with zero attached hydrogens (tertiary/aromatic N) is 1. The van der Waals surface area contributed by atoms with Gasteiger partial charge < -0.3 is 4.74 Å². The zero-order valence-electron chi connectivity index (χ0n) is 8.69. The van der Waals surface area contributed by atoms with Gasteiger partial charge >= 0.3 is 5.69 Å². The third kappa shape index (κ3) is 2.13. The molecule has 0 radical (unpaired) electrons. The van der Waals surface area contributed by atoms with Crippen molar-refractivity contribution in [1.29, 1.82) is 0 Å². The van der Waals surface area contributed by atoms with Gasteiger partial charge in [0.1, 0.15) is 0 Å². The Kier molecular flexibility index (Phi) is 3.03. The van der Waals surface area contributed by atoms with E-state index in [1.807, 2.05) is 0 Å². The van der Waals surface area contributed by atoms with Crippen LogP contribution in [0.1, 0.15) is 25.7 Å². The van der Waals surface area contributed by atoms with Crippen LogP contribution in [0, 0.1) is 15.9 Å². The van der Waals surface area contributed by atoms with Crippen LogP contribution < -0.4 is 4.74 Å². The lowest BCUT2D eigenvalue weighted by Crippen LogP contribution is -2.13. The van der Waals surface area contributed by atoms with E-state index in [2.05, 4.69) is 0 Å². The second-order valence-corrected chi connectivity index (χ2v) is 3.87. The van der Waals surface area contributed by atoms with Gasteiger partial charge in [0.05, 0.1) is 11.0 Å². The minimum Gasteiger partial charge on any atom is -0.481 e. The molecule has 16 heavy (non-hydrogen) atoms. The lowest BCUT2D eigenvalue weighted by Gasteiger charge is -2.13. The molecule has 0 spiro atoms. The van der Waals surface area contributed by atoms with Crippen molar-refractivity contribution in [1.82, 2.24) is 0 Å². The fraction of sp³-hybridized carbons (Fsp3) is 0.455. The summed E-state index contributed by atoms with van der Waals surface area (Å²) < 4.78 is 18.8. The van der Waals surface area contributed by atoms with Crippen molar-refractivity contribution in [3.8, 4) is 5.75 Å². The maximum Gasteiger partial charge on any atom is 0.314 e. The molecular weight excluding hydrogens is 213 g/mol. The Balaban J connectivity index is 2.26. The molecule has 0 N–H and O–H groups in total. The molecule has 0 aliphatic heterocycles. The number of hydrogen-bond acceptors (Lipinski definition) is 3. The number of para-hydroxylation sites is 1. The number of ether oxygens (including phenoxy) is 1. The smallest absolute Gasteiger partial charge is 0.314 e. The summed E-state index contributed by atoms with van der Waals surface area (Å²) in [6.45, 7) is 0. The van der Waals surface area contributed by atoms with Crippen LogP contribution in [0.3, 0.4) is 0 Å². The molecule has 2 rings (SSSR count). The van der Waals surface area contributed by atoms with Gasteiger partial charge in [-0.1, -0.05) is 6.07 Å². The van der Waals surface area contributed by atoms with E-state index in [0.29, 0.717) is 0 Å². The summed E-state index contributed by atoms with van der Waals surface area (Å²) in [5, 5.41) is 10.7. The summed E-state index contributed by atoms with van der Waals surface area (Å²) in [4.78, 5) is 10.1. The van der Waals surface area contributed by atoms with E-state index in [9.17, 15) is 14.5 Å². The minimum atomic E-state index is -0.666. The standard InChI is InChI=1S/C11H12FNO3/c12-9-6-3-7-10(13(14)15)11(9)16-8-4-1-2-5-8/h3,6-8H,1-2,4-5H2. The summed E-state index contributed by atoms with van der Waals surface area (Å²) >= 11 is 0. The highest BCUT2D eigenvalue weighted by Gasteiger charge is 2.24. The van der Waals surface area contributed by atoms with Gasteiger partial charge in [0.2, 0.25) is 5.75 Å². The molecule has 0 aromatic heterocycles. The predicted octanol–water partition coefficient (Wildman–Crippen LogP) is 3.06. The molecule has 1 aromatic rings. The average Bonchev–Trinajstić information content (AvgIpc) is 2.73. The Morgan fingerprint density at radius 3 is 2.69 bits per heavy atom. The second kappa shape index (κ2) is 4.47. The van der Waals surface area contributed by atoms with Crippen LogP contribution in [0.25, 0.3) is 0 Å². The number of nitro groups is 1. The first-order valence-electron chi connectivity index (χ1n) is 5.28. The van der Waals surface area contributed by atoms with Crippen LogP contribution in [0.2, 0.25) is 0 Å². The number of nitro benzene ring substituents is 1. The Hall–Kier alpha value is -1.65. The third-order valence-corrected chi connectivity index (χ3v) is 2.73. The van der Waals surface area contributed by atoms with Gasteiger partial charge in [-0.2, -0.15) is 0 Å². The topological polar surface area (TPSA) is 52.4 Å². The molecule has 86 valence electrons. The number of benzene rings is 1. The Morgan fingerprint density at radius 2 is 2.06 bits per heavy atom. The van der Waals surface area contributed by atoms with E-state index in [-0.39, 0.29) is 17.5 Å². The second-order valence-electron chi connectivity index (χ2n) is 3.87. The van der Waals surface area contributed by atoms with E-state index in [0.717, 1.165) is 25.7 Å².